The van der Waals surface area contributed by atoms with Crippen molar-refractivity contribution in [3.8, 4) is 11.6 Å². The van der Waals surface area contributed by atoms with Gasteiger partial charge in [0.25, 0.3) is 11.8 Å². The monoisotopic (exact) mass is 581 g/mol. The second-order valence-electron chi connectivity index (χ2n) is 12.8. The highest BCUT2D eigenvalue weighted by Gasteiger charge is 2.46. The van der Waals surface area contributed by atoms with Gasteiger partial charge < -0.3 is 24.2 Å². The third-order valence-electron chi connectivity index (χ3n) is 9.75. The summed E-state index contributed by atoms with van der Waals surface area (Å²) in [4.78, 5) is 26.9. The molecule has 0 unspecified atom stereocenters. The van der Waals surface area contributed by atoms with E-state index in [0.29, 0.717) is 18.4 Å². The molecular weight excluding hydrogens is 537 g/mol. The number of carbonyl (C=O) groups excluding carboxylic acids is 1. The quantitative estimate of drug-likeness (QED) is 0.440. The first-order chi connectivity index (χ1) is 20.3. The van der Waals surface area contributed by atoms with Gasteiger partial charge in [0.1, 0.15) is 17.9 Å². The summed E-state index contributed by atoms with van der Waals surface area (Å²) in [5.74, 6) is 1.12. The molecule has 4 aliphatic heterocycles. The molecule has 0 saturated carbocycles. The summed E-state index contributed by atoms with van der Waals surface area (Å²) < 4.78 is 25.8. The molecule has 1 amide bonds. The van der Waals surface area contributed by atoms with Gasteiger partial charge >= 0.3 is 0 Å². The maximum Gasteiger partial charge on any atom is 0.282 e. The maximum absolute atomic E-state index is 14.2. The molecule has 1 aromatic heterocycles. The number of anilines is 1. The first-order valence-corrected chi connectivity index (χ1v) is 15.6. The summed E-state index contributed by atoms with van der Waals surface area (Å²) in [7, 11) is 0. The Morgan fingerprint density at radius 1 is 1.17 bits per heavy atom. The third-order valence-corrected chi connectivity index (χ3v) is 9.75. The van der Waals surface area contributed by atoms with E-state index in [1.165, 1.54) is 69.8 Å². The Morgan fingerprint density at radius 3 is 2.55 bits per heavy atom. The largest absolute Gasteiger partial charge is 0.434 e. The van der Waals surface area contributed by atoms with E-state index in [-0.39, 0.29) is 34.6 Å². The minimum absolute atomic E-state index is 0.0309. The first kappa shape index (κ1) is 29.2. The minimum Gasteiger partial charge on any atom is -0.434 e. The summed E-state index contributed by atoms with van der Waals surface area (Å²) in [5.41, 5.74) is 0.444. The van der Waals surface area contributed by atoms with Crippen molar-refractivity contribution in [2.24, 2.45) is 11.3 Å². The van der Waals surface area contributed by atoms with Gasteiger partial charge in [0, 0.05) is 37.6 Å². The number of hydrogen-bond donors (Lipinski definition) is 0. The zero-order valence-electron chi connectivity index (χ0n) is 25.2. The molecule has 1 aromatic carbocycles. The topological polar surface area (TPSA) is 87.2 Å². The normalized spacial score (nSPS) is 21.8. The molecule has 2 aromatic rings. The molecule has 0 aliphatic carbocycles. The van der Waals surface area contributed by atoms with Crippen molar-refractivity contribution in [3.63, 3.8) is 0 Å². The lowest BCUT2D eigenvalue weighted by Crippen LogP contribution is -2.61. The number of aromatic nitrogens is 3. The second-order valence-corrected chi connectivity index (χ2v) is 12.8. The van der Waals surface area contributed by atoms with Crippen LogP contribution in [0.2, 0.25) is 0 Å². The Labute approximate surface area is 248 Å². The summed E-state index contributed by atoms with van der Waals surface area (Å²) in [5, 5.41) is 8.17. The van der Waals surface area contributed by atoms with E-state index in [1.807, 2.05) is 20.8 Å². The first-order valence-electron chi connectivity index (χ1n) is 15.6. The maximum atomic E-state index is 14.2. The van der Waals surface area contributed by atoms with Crippen LogP contribution in [0.4, 0.5) is 10.2 Å². The van der Waals surface area contributed by atoms with Crippen LogP contribution in [0.15, 0.2) is 24.5 Å². The van der Waals surface area contributed by atoms with Gasteiger partial charge in [-0.1, -0.05) is 0 Å². The molecule has 0 atom stereocenters. The Kier molecular flexibility index (Phi) is 8.61. The summed E-state index contributed by atoms with van der Waals surface area (Å²) in [6.45, 7) is 15.8. The fraction of sp³-hybridized carbons (Fsp3) is 0.677. The number of piperidine rings is 2. The number of benzene rings is 1. The van der Waals surface area contributed by atoms with Gasteiger partial charge in [0.15, 0.2) is 5.82 Å². The van der Waals surface area contributed by atoms with Crippen LogP contribution in [0.5, 0.6) is 11.6 Å². The van der Waals surface area contributed by atoms with Crippen LogP contribution in [-0.4, -0.2) is 113 Å². The molecule has 5 heterocycles. The van der Waals surface area contributed by atoms with Crippen LogP contribution in [-0.2, 0) is 4.74 Å². The van der Waals surface area contributed by atoms with Crippen molar-refractivity contribution in [2.75, 3.05) is 70.5 Å². The Balaban J connectivity index is 1.05. The summed E-state index contributed by atoms with van der Waals surface area (Å²) >= 11 is 0. The van der Waals surface area contributed by atoms with E-state index in [2.05, 4.69) is 29.9 Å². The van der Waals surface area contributed by atoms with Gasteiger partial charge in [-0.2, -0.15) is 0 Å². The predicted molar refractivity (Wildman–Crippen MR) is 157 cm³/mol. The minimum atomic E-state index is -0.492. The smallest absolute Gasteiger partial charge is 0.282 e. The fourth-order valence-electron chi connectivity index (χ4n) is 7.04. The average Bonchev–Trinajstić information content (AvgIpc) is 2.94. The lowest BCUT2D eigenvalue weighted by atomic mass is 9.72. The standard InChI is InChI=1S/C31H44FN7O3/c1-4-39(22(2)3)30(40)26-15-24(32)5-6-27(26)42-29-28(33-21-34-35-29)38-19-31(20-38)9-13-36(14-10-31)16-23-7-11-37(12-8-23)25-17-41-18-25/h5-6,15,21-23,25H,4,7-14,16-20H2,1-3H3. The van der Waals surface area contributed by atoms with Crippen molar-refractivity contribution < 1.29 is 18.7 Å². The second kappa shape index (κ2) is 12.4. The molecule has 42 heavy (non-hydrogen) atoms. The van der Waals surface area contributed by atoms with Crippen LogP contribution in [0.3, 0.4) is 0 Å². The summed E-state index contributed by atoms with van der Waals surface area (Å²) in [6.07, 6.45) is 6.37. The number of rotatable bonds is 9. The van der Waals surface area contributed by atoms with Gasteiger partial charge in [-0.15, -0.1) is 10.2 Å². The van der Waals surface area contributed by atoms with Gasteiger partial charge in [-0.05, 0) is 96.8 Å². The van der Waals surface area contributed by atoms with Crippen molar-refractivity contribution >= 4 is 11.7 Å². The molecule has 228 valence electrons. The number of halogens is 1. The molecule has 0 N–H and O–H groups in total. The molecule has 4 saturated heterocycles. The van der Waals surface area contributed by atoms with Crippen LogP contribution >= 0.6 is 0 Å². The Morgan fingerprint density at radius 2 is 1.90 bits per heavy atom. The van der Waals surface area contributed by atoms with E-state index in [0.717, 1.165) is 45.3 Å². The van der Waals surface area contributed by atoms with Gasteiger partial charge in [-0.25, -0.2) is 9.37 Å². The van der Waals surface area contributed by atoms with Crippen LogP contribution in [0.25, 0.3) is 0 Å². The zero-order valence-corrected chi connectivity index (χ0v) is 25.2. The molecule has 0 bridgehead atoms. The molecule has 11 heteroatoms. The lowest BCUT2D eigenvalue weighted by Gasteiger charge is -2.54. The van der Waals surface area contributed by atoms with Crippen molar-refractivity contribution in [2.45, 2.75) is 58.5 Å². The Bertz CT molecular complexity index is 1230. The molecule has 6 rings (SSSR count). The number of amides is 1. The van der Waals surface area contributed by atoms with E-state index < -0.39 is 5.82 Å². The number of likely N-dealkylation sites (tertiary alicyclic amines) is 2. The van der Waals surface area contributed by atoms with Crippen LogP contribution in [0.1, 0.15) is 56.8 Å². The zero-order chi connectivity index (χ0) is 29.3. The van der Waals surface area contributed by atoms with Gasteiger partial charge in [-0.3, -0.25) is 9.69 Å². The molecule has 1 spiro atoms. The van der Waals surface area contributed by atoms with Crippen molar-refractivity contribution in [1.82, 2.24) is 29.9 Å². The number of carbonyl (C=O) groups is 1. The highest BCUT2D eigenvalue weighted by molar-refractivity contribution is 5.97. The summed E-state index contributed by atoms with van der Waals surface area (Å²) in [6, 6.07) is 4.63. The number of ether oxygens (including phenoxy) is 2. The molecule has 10 nitrogen and oxygen atoms in total. The van der Waals surface area contributed by atoms with E-state index >= 15 is 0 Å². The van der Waals surface area contributed by atoms with Crippen LogP contribution < -0.4 is 9.64 Å². The van der Waals surface area contributed by atoms with Crippen LogP contribution in [0, 0.1) is 17.2 Å². The van der Waals surface area contributed by atoms with E-state index in [9.17, 15) is 9.18 Å². The molecule has 4 aliphatic rings. The highest BCUT2D eigenvalue weighted by Crippen LogP contribution is 2.44. The Hall–Kier alpha value is -2.89. The molecule has 0 radical (unpaired) electrons. The average molecular weight is 582 g/mol. The number of nitrogens with zero attached hydrogens (tertiary/aromatic N) is 7. The van der Waals surface area contributed by atoms with Crippen molar-refractivity contribution in [1.29, 1.82) is 0 Å². The van der Waals surface area contributed by atoms with Gasteiger partial charge in [0.2, 0.25) is 0 Å². The molecule has 4 fully saturated rings. The number of hydrogen-bond acceptors (Lipinski definition) is 9. The third kappa shape index (κ3) is 6.09. The highest BCUT2D eigenvalue weighted by atomic mass is 19.1. The van der Waals surface area contributed by atoms with E-state index in [1.54, 1.807) is 4.90 Å². The van der Waals surface area contributed by atoms with Crippen molar-refractivity contribution in [3.05, 3.63) is 35.9 Å². The fourth-order valence-corrected chi connectivity index (χ4v) is 7.04. The SMILES string of the molecule is CCN(C(=O)c1cc(F)ccc1Oc1nncnc1N1CC2(CCN(CC3CCN(C4COC4)CC3)CC2)C1)C(C)C. The predicted octanol–water partition coefficient (Wildman–Crippen LogP) is 3.69. The van der Waals surface area contributed by atoms with Gasteiger partial charge in [0.05, 0.1) is 24.8 Å². The lowest BCUT2D eigenvalue weighted by molar-refractivity contribution is -0.0752. The molecular formula is C31H44FN7O3. The van der Waals surface area contributed by atoms with E-state index in [4.69, 9.17) is 9.47 Å².